The van der Waals surface area contributed by atoms with Crippen molar-refractivity contribution in [2.45, 2.75) is 57.4 Å². The lowest BCUT2D eigenvalue weighted by atomic mass is 9.81. The molecule has 0 heterocycles. The van der Waals surface area contributed by atoms with Gasteiger partial charge in [-0.2, -0.15) is 13.2 Å². The minimum atomic E-state index is -4.55. The summed E-state index contributed by atoms with van der Waals surface area (Å²) in [6, 6.07) is 4.55. The van der Waals surface area contributed by atoms with Crippen LogP contribution >= 0.6 is 0 Å². The lowest BCUT2D eigenvalue weighted by Gasteiger charge is -2.41. The molecule has 2 rings (SSSR count). The largest absolute Gasteiger partial charge is 0.416 e. The smallest absolute Gasteiger partial charge is 0.396 e. The number of nitrogens with zero attached hydrogens (tertiary/aromatic N) is 1. The molecule has 0 aliphatic heterocycles. The van der Waals surface area contributed by atoms with E-state index in [1.807, 2.05) is 7.05 Å². The van der Waals surface area contributed by atoms with Crippen molar-refractivity contribution in [2.24, 2.45) is 5.92 Å². The molecule has 1 aliphatic carbocycles. The van der Waals surface area contributed by atoms with Crippen LogP contribution in [0.5, 0.6) is 0 Å². The first-order valence-corrected chi connectivity index (χ1v) is 10.1. The zero-order valence-electron chi connectivity index (χ0n) is 17.5. The number of benzene rings is 1. The molecule has 0 radical (unpaired) electrons. The first kappa shape index (κ1) is 24.1. The van der Waals surface area contributed by atoms with Crippen LogP contribution in [0.1, 0.15) is 49.0 Å². The average molecular weight is 429 g/mol. The second kappa shape index (κ2) is 10.3. The highest BCUT2D eigenvalue weighted by Crippen LogP contribution is 2.30. The van der Waals surface area contributed by atoms with Gasteiger partial charge in [0, 0.05) is 36.2 Å². The van der Waals surface area contributed by atoms with Gasteiger partial charge >= 0.3 is 6.18 Å². The van der Waals surface area contributed by atoms with E-state index in [0.29, 0.717) is 18.5 Å². The molecule has 1 aromatic carbocycles. The number of aliphatic hydroxyl groups excluding tert-OH is 1. The molecule has 0 unspecified atom stereocenters. The van der Waals surface area contributed by atoms with Gasteiger partial charge in [0.1, 0.15) is 0 Å². The number of hydrogen-bond donors (Lipinski definition) is 3. The highest BCUT2D eigenvalue weighted by molar-refractivity contribution is 5.96. The van der Waals surface area contributed by atoms with Gasteiger partial charge in [-0.1, -0.05) is 6.07 Å². The first-order chi connectivity index (χ1) is 14.0. The van der Waals surface area contributed by atoms with Crippen LogP contribution in [0.4, 0.5) is 13.2 Å². The predicted octanol–water partition coefficient (Wildman–Crippen LogP) is 2.42. The number of alkyl halides is 3. The summed E-state index contributed by atoms with van der Waals surface area (Å²) in [4.78, 5) is 26.6. The van der Waals surface area contributed by atoms with E-state index in [4.69, 9.17) is 0 Å². The summed E-state index contributed by atoms with van der Waals surface area (Å²) in [7, 11) is 2.05. The molecule has 1 saturated carbocycles. The van der Waals surface area contributed by atoms with E-state index in [2.05, 4.69) is 29.4 Å². The maximum atomic E-state index is 12.8. The molecular weight excluding hydrogens is 399 g/mol. The van der Waals surface area contributed by atoms with Crippen molar-refractivity contribution in [3.63, 3.8) is 0 Å². The van der Waals surface area contributed by atoms with E-state index in [1.54, 1.807) is 0 Å². The van der Waals surface area contributed by atoms with Crippen molar-refractivity contribution in [2.75, 3.05) is 20.2 Å². The molecule has 3 atom stereocenters. The van der Waals surface area contributed by atoms with E-state index in [1.165, 1.54) is 6.07 Å². The maximum absolute atomic E-state index is 12.8. The van der Waals surface area contributed by atoms with E-state index < -0.39 is 23.6 Å². The zero-order chi connectivity index (χ0) is 22.5. The number of rotatable bonds is 7. The summed E-state index contributed by atoms with van der Waals surface area (Å²) in [5.41, 5.74) is -1.09. The third-order valence-electron chi connectivity index (χ3n) is 5.79. The number of amides is 2. The van der Waals surface area contributed by atoms with Crippen molar-refractivity contribution < 1.29 is 27.9 Å². The van der Waals surface area contributed by atoms with E-state index in [9.17, 15) is 27.9 Å². The molecule has 1 aromatic rings. The Bertz CT molecular complexity index is 740. The molecule has 6 nitrogen and oxygen atoms in total. The van der Waals surface area contributed by atoms with Gasteiger partial charge in [0.2, 0.25) is 5.91 Å². The molecule has 3 N–H and O–H groups in total. The Morgan fingerprint density at radius 2 is 1.97 bits per heavy atom. The molecular formula is C21H30F3N3O3. The van der Waals surface area contributed by atoms with Crippen LogP contribution < -0.4 is 10.6 Å². The van der Waals surface area contributed by atoms with Crippen LogP contribution in [0.3, 0.4) is 0 Å². The van der Waals surface area contributed by atoms with Gasteiger partial charge in [-0.25, -0.2) is 0 Å². The monoisotopic (exact) mass is 429 g/mol. The summed E-state index contributed by atoms with van der Waals surface area (Å²) in [6.45, 7) is 3.81. The Hall–Kier alpha value is -2.13. The van der Waals surface area contributed by atoms with Gasteiger partial charge < -0.3 is 20.6 Å². The zero-order valence-corrected chi connectivity index (χ0v) is 17.5. The average Bonchev–Trinajstić information content (AvgIpc) is 2.71. The molecule has 1 fully saturated rings. The van der Waals surface area contributed by atoms with Crippen molar-refractivity contribution in [3.05, 3.63) is 35.4 Å². The fourth-order valence-corrected chi connectivity index (χ4v) is 3.78. The van der Waals surface area contributed by atoms with Crippen molar-refractivity contribution >= 4 is 11.8 Å². The van der Waals surface area contributed by atoms with Gasteiger partial charge in [-0.15, -0.1) is 0 Å². The summed E-state index contributed by atoms with van der Waals surface area (Å²) < 4.78 is 38.3. The molecule has 0 saturated heterocycles. The molecule has 9 heteroatoms. The second-order valence-corrected chi connectivity index (χ2v) is 8.10. The molecule has 0 bridgehead atoms. The highest BCUT2D eigenvalue weighted by atomic mass is 19.4. The Kier molecular flexibility index (Phi) is 8.25. The highest BCUT2D eigenvalue weighted by Gasteiger charge is 2.33. The summed E-state index contributed by atoms with van der Waals surface area (Å²) >= 11 is 0. The molecule has 30 heavy (non-hydrogen) atoms. The van der Waals surface area contributed by atoms with Crippen LogP contribution in [0.2, 0.25) is 0 Å². The lowest BCUT2D eigenvalue weighted by molar-refractivity contribution is -0.137. The Balaban J connectivity index is 1.88. The van der Waals surface area contributed by atoms with Crippen LogP contribution in [-0.2, 0) is 11.0 Å². The van der Waals surface area contributed by atoms with Crippen molar-refractivity contribution in [1.29, 1.82) is 0 Å². The van der Waals surface area contributed by atoms with Gasteiger partial charge in [0.25, 0.3) is 5.91 Å². The second-order valence-electron chi connectivity index (χ2n) is 8.10. The van der Waals surface area contributed by atoms with Gasteiger partial charge in [-0.05, 0) is 58.4 Å². The van der Waals surface area contributed by atoms with Crippen LogP contribution in [0, 0.1) is 5.92 Å². The van der Waals surface area contributed by atoms with Gasteiger partial charge in [-0.3, -0.25) is 9.59 Å². The number of halogens is 3. The summed E-state index contributed by atoms with van der Waals surface area (Å²) in [6.07, 6.45) is -2.20. The topological polar surface area (TPSA) is 81.7 Å². The third kappa shape index (κ3) is 6.43. The first-order valence-electron chi connectivity index (χ1n) is 10.1. The van der Waals surface area contributed by atoms with Crippen molar-refractivity contribution in [3.8, 4) is 0 Å². The number of aliphatic hydroxyl groups is 1. The maximum Gasteiger partial charge on any atom is 0.416 e. The molecule has 1 aliphatic rings. The minimum Gasteiger partial charge on any atom is -0.396 e. The number of nitrogens with one attached hydrogen (secondary N) is 2. The quantitative estimate of drug-likeness (QED) is 0.622. The molecule has 0 spiro atoms. The fraction of sp³-hybridized carbons (Fsp3) is 0.619. The normalized spacial score (nSPS) is 22.2. The third-order valence-corrected chi connectivity index (χ3v) is 5.79. The summed E-state index contributed by atoms with van der Waals surface area (Å²) in [5, 5.41) is 14.9. The SMILES string of the molecule is CC(C)N(C)[C@@H]1CC[C@H](NC(=O)CNC(=O)c2cccc(C(F)(F)F)c2)[C@@H](CO)C1. The van der Waals surface area contributed by atoms with Gasteiger partial charge in [0.15, 0.2) is 0 Å². The molecule has 2 amide bonds. The number of carbonyl (C=O) groups excluding carboxylic acids is 2. The number of carbonyl (C=O) groups is 2. The van der Waals surface area contributed by atoms with E-state index >= 15 is 0 Å². The molecule has 168 valence electrons. The van der Waals surface area contributed by atoms with Crippen LogP contribution in [-0.4, -0.2) is 60.1 Å². The van der Waals surface area contributed by atoms with Gasteiger partial charge in [0.05, 0.1) is 12.1 Å². The van der Waals surface area contributed by atoms with E-state index in [0.717, 1.165) is 31.0 Å². The fourth-order valence-electron chi connectivity index (χ4n) is 3.78. The summed E-state index contributed by atoms with van der Waals surface area (Å²) in [5.74, 6) is -1.28. The minimum absolute atomic E-state index is 0.0516. The van der Waals surface area contributed by atoms with E-state index in [-0.39, 0.29) is 30.7 Å². The van der Waals surface area contributed by atoms with Crippen LogP contribution in [0.25, 0.3) is 0 Å². The van der Waals surface area contributed by atoms with Crippen molar-refractivity contribution in [1.82, 2.24) is 15.5 Å². The van der Waals surface area contributed by atoms with Crippen LogP contribution in [0.15, 0.2) is 24.3 Å². The Morgan fingerprint density at radius 3 is 2.57 bits per heavy atom. The predicted molar refractivity (Wildman–Crippen MR) is 107 cm³/mol. The number of hydrogen-bond acceptors (Lipinski definition) is 4. The molecule has 0 aromatic heterocycles. The Morgan fingerprint density at radius 1 is 1.27 bits per heavy atom. The Labute approximate surface area is 174 Å². The standard InChI is InChI=1S/C21H30F3N3O3/c1-13(2)27(3)17-7-8-18(15(10-17)12-28)26-19(29)11-25-20(30)14-5-4-6-16(9-14)21(22,23)24/h4-6,9,13,15,17-18,28H,7-8,10-12H2,1-3H3,(H,25,30)(H,26,29)/t15-,17-,18+/m1/s1. The lowest BCUT2D eigenvalue weighted by Crippen LogP contribution is -2.51.